The first kappa shape index (κ1) is 27.7. The van der Waals surface area contributed by atoms with Crippen LogP contribution in [0.4, 0.5) is 11.6 Å². The van der Waals surface area contributed by atoms with Crippen LogP contribution in [0.15, 0.2) is 24.3 Å². The van der Waals surface area contributed by atoms with Crippen LogP contribution in [-0.2, 0) is 9.47 Å². The van der Waals surface area contributed by atoms with Gasteiger partial charge in [-0.2, -0.15) is 0 Å². The maximum Gasteiger partial charge on any atom is 0.454 e. The fourth-order valence-electron chi connectivity index (χ4n) is 3.85. The van der Waals surface area contributed by atoms with E-state index in [0.29, 0.717) is 16.1 Å². The van der Waals surface area contributed by atoms with Gasteiger partial charge in [0.2, 0.25) is 0 Å². The van der Waals surface area contributed by atoms with Gasteiger partial charge in [-0.1, -0.05) is 47.6 Å². The molecule has 0 radical (unpaired) electrons. The number of pyridine rings is 2. The zero-order valence-electron chi connectivity index (χ0n) is 20.2. The first-order valence-electron chi connectivity index (χ1n) is 12.4. The molecule has 0 unspecified atom stereocenters. The number of nitrogens with zero attached hydrogens (tertiary/aromatic N) is 4. The number of aromatic nitrogens is 2. The maximum atomic E-state index is 8.25. The Bertz CT molecular complexity index is 966. The lowest BCUT2D eigenvalue weighted by Gasteiger charge is -2.28. The third kappa shape index (κ3) is 8.90. The van der Waals surface area contributed by atoms with Gasteiger partial charge >= 0.3 is 7.12 Å². The predicted octanol–water partition coefficient (Wildman–Crippen LogP) is 4.30. The third-order valence-electron chi connectivity index (χ3n) is 6.25. The van der Waals surface area contributed by atoms with Gasteiger partial charge in [0.05, 0.1) is 26.4 Å². The van der Waals surface area contributed by atoms with Gasteiger partial charge in [-0.15, -0.1) is 0 Å². The number of anilines is 2. The molecule has 0 bridgehead atoms. The zero-order valence-corrected chi connectivity index (χ0v) is 22.4. The number of morpholine rings is 2. The highest BCUT2D eigenvalue weighted by atomic mass is 35.5. The van der Waals surface area contributed by atoms with Crippen molar-refractivity contribution in [1.82, 2.24) is 9.97 Å². The minimum absolute atomic E-state index is 0.213. The molecule has 12 heteroatoms. The van der Waals surface area contributed by atoms with Crippen LogP contribution >= 0.6 is 34.8 Å². The van der Waals surface area contributed by atoms with Crippen molar-refractivity contribution in [3.63, 3.8) is 0 Å². The second-order valence-electron chi connectivity index (χ2n) is 9.26. The van der Waals surface area contributed by atoms with Crippen LogP contribution < -0.4 is 9.80 Å². The second kappa shape index (κ2) is 13.5. The number of hydrogen-bond acceptors (Lipinski definition) is 8. The molecule has 2 saturated carbocycles. The Morgan fingerprint density at radius 1 is 0.722 bits per heavy atom. The van der Waals surface area contributed by atoms with Gasteiger partial charge in [0.1, 0.15) is 16.8 Å². The lowest BCUT2D eigenvalue weighted by Crippen LogP contribution is -2.36. The summed E-state index contributed by atoms with van der Waals surface area (Å²) in [5.41, 5.74) is 1.16. The Morgan fingerprint density at radius 2 is 1.22 bits per heavy atom. The highest BCUT2D eigenvalue weighted by Gasteiger charge is 2.33. The summed E-state index contributed by atoms with van der Waals surface area (Å²) in [5, 5.41) is 18.3. The Balaban J connectivity index is 0.000000139. The van der Waals surface area contributed by atoms with Gasteiger partial charge in [-0.05, 0) is 42.9 Å². The molecule has 196 valence electrons. The van der Waals surface area contributed by atoms with Crippen molar-refractivity contribution in [2.75, 3.05) is 62.4 Å². The Morgan fingerprint density at radius 3 is 1.64 bits per heavy atom. The quantitative estimate of drug-likeness (QED) is 0.425. The summed E-state index contributed by atoms with van der Waals surface area (Å²) in [5.74, 6) is 2.70. The molecular weight excluding hydrogens is 525 g/mol. The van der Waals surface area contributed by atoms with Gasteiger partial charge in [0.15, 0.2) is 0 Å². The van der Waals surface area contributed by atoms with Crippen molar-refractivity contribution in [2.24, 2.45) is 0 Å². The second-order valence-corrected chi connectivity index (χ2v) is 10.5. The van der Waals surface area contributed by atoms with Gasteiger partial charge < -0.3 is 29.3 Å². The monoisotopic (exact) mass is 556 g/mol. The topological polar surface area (TPSA) is 91.2 Å². The largest absolute Gasteiger partial charge is 0.454 e. The molecule has 2 aromatic rings. The first-order chi connectivity index (χ1) is 17.4. The molecule has 4 aliphatic rings. The van der Waals surface area contributed by atoms with E-state index >= 15 is 0 Å². The van der Waals surface area contributed by atoms with E-state index in [-0.39, 0.29) is 5.82 Å². The standard InChI is InChI=1S/C12H15ClN2O.C9H10Cl2N2O.C3H7BO2/c13-10-7-11(9-1-2-9)14-12(8-10)15-3-5-16-6-4-15;10-7-5-8(11)12-9(6-7)13-1-3-14-4-2-13;5-4(6)3-1-2-3/h7-9H,1-6H2;5-6H,1-4H2;3,5-6H,1-2H2. The van der Waals surface area contributed by atoms with Crippen LogP contribution in [0.2, 0.25) is 21.0 Å². The van der Waals surface area contributed by atoms with Crippen LogP contribution in [-0.4, -0.2) is 79.7 Å². The third-order valence-corrected chi connectivity index (χ3v) is 6.88. The smallest absolute Gasteiger partial charge is 0.427 e. The van der Waals surface area contributed by atoms with E-state index < -0.39 is 7.12 Å². The summed E-state index contributed by atoms with van der Waals surface area (Å²) >= 11 is 17.8. The molecule has 0 spiro atoms. The summed E-state index contributed by atoms with van der Waals surface area (Å²) < 4.78 is 10.6. The minimum Gasteiger partial charge on any atom is -0.427 e. The fourth-order valence-corrected chi connectivity index (χ4v) is 4.52. The van der Waals surface area contributed by atoms with Crippen LogP contribution in [0.5, 0.6) is 0 Å². The molecule has 0 atom stereocenters. The summed E-state index contributed by atoms with van der Waals surface area (Å²) in [6, 6.07) is 7.41. The molecular formula is C24H32BCl3N4O4. The van der Waals surface area contributed by atoms with Gasteiger partial charge in [0.25, 0.3) is 0 Å². The summed E-state index contributed by atoms with van der Waals surface area (Å²) in [6.45, 7) is 6.53. The van der Waals surface area contributed by atoms with E-state index in [1.54, 1.807) is 6.07 Å². The number of rotatable bonds is 4. The zero-order chi connectivity index (χ0) is 25.5. The molecule has 4 heterocycles. The molecule has 4 fully saturated rings. The maximum absolute atomic E-state index is 8.25. The van der Waals surface area contributed by atoms with Crippen molar-refractivity contribution >= 4 is 53.6 Å². The summed E-state index contributed by atoms with van der Waals surface area (Å²) in [7, 11) is -1.04. The predicted molar refractivity (Wildman–Crippen MR) is 145 cm³/mol. The van der Waals surface area contributed by atoms with Crippen molar-refractivity contribution in [3.8, 4) is 0 Å². The van der Waals surface area contributed by atoms with E-state index in [2.05, 4.69) is 14.8 Å². The van der Waals surface area contributed by atoms with Gasteiger partial charge in [0, 0.05) is 47.8 Å². The summed E-state index contributed by atoms with van der Waals surface area (Å²) in [6.07, 6.45) is 4.51. The van der Waals surface area contributed by atoms with Crippen LogP contribution in [0.1, 0.15) is 37.3 Å². The van der Waals surface area contributed by atoms with Gasteiger partial charge in [-0.3, -0.25) is 0 Å². The van der Waals surface area contributed by atoms with Crippen LogP contribution in [0.25, 0.3) is 0 Å². The molecule has 0 aromatic carbocycles. The highest BCUT2D eigenvalue weighted by Crippen LogP contribution is 2.40. The molecule has 36 heavy (non-hydrogen) atoms. The van der Waals surface area contributed by atoms with Crippen molar-refractivity contribution in [2.45, 2.75) is 37.4 Å². The molecule has 2 aliphatic heterocycles. The normalized spacial score (nSPS) is 19.6. The van der Waals surface area contributed by atoms with Crippen LogP contribution in [0, 0.1) is 0 Å². The molecule has 2 saturated heterocycles. The lowest BCUT2D eigenvalue weighted by atomic mass is 9.84. The molecule has 6 rings (SSSR count). The van der Waals surface area contributed by atoms with E-state index in [1.807, 2.05) is 18.2 Å². The van der Waals surface area contributed by atoms with Gasteiger partial charge in [-0.25, -0.2) is 9.97 Å². The molecule has 2 aromatic heterocycles. The first-order valence-corrected chi connectivity index (χ1v) is 13.5. The van der Waals surface area contributed by atoms with E-state index in [0.717, 1.165) is 87.8 Å². The molecule has 2 N–H and O–H groups in total. The Labute approximate surface area is 227 Å². The van der Waals surface area contributed by atoms with Crippen molar-refractivity contribution in [1.29, 1.82) is 0 Å². The van der Waals surface area contributed by atoms with E-state index in [9.17, 15) is 0 Å². The summed E-state index contributed by atoms with van der Waals surface area (Å²) in [4.78, 5) is 13.3. The molecule has 2 aliphatic carbocycles. The van der Waals surface area contributed by atoms with Crippen molar-refractivity contribution in [3.05, 3.63) is 45.2 Å². The molecule has 8 nitrogen and oxygen atoms in total. The van der Waals surface area contributed by atoms with Crippen molar-refractivity contribution < 1.29 is 19.5 Å². The average Bonchev–Trinajstić information content (AvgIpc) is 3.78. The number of hydrogen-bond donors (Lipinski definition) is 2. The Kier molecular flexibility index (Phi) is 10.4. The average molecular weight is 558 g/mol. The SMILES string of the molecule is Clc1cc(C2CC2)nc(N2CCOCC2)c1.Clc1cc(Cl)nc(N2CCOCC2)c1.OB(O)C1CC1. The minimum atomic E-state index is -1.04. The Hall–Kier alpha value is -1.33. The number of ether oxygens (including phenoxy) is 2. The fraction of sp³-hybridized carbons (Fsp3) is 0.583. The lowest BCUT2D eigenvalue weighted by molar-refractivity contribution is 0.122. The molecule has 0 amide bonds. The van der Waals surface area contributed by atoms with E-state index in [1.165, 1.54) is 12.8 Å². The van der Waals surface area contributed by atoms with Crippen LogP contribution in [0.3, 0.4) is 0 Å². The highest BCUT2D eigenvalue weighted by molar-refractivity contribution is 6.44. The number of halogens is 3. The van der Waals surface area contributed by atoms with E-state index in [4.69, 9.17) is 59.3 Å².